The maximum Gasteiger partial charge on any atom is 0.425 e. The Morgan fingerprint density at radius 2 is 2.03 bits per heavy atom. The van der Waals surface area contributed by atoms with Gasteiger partial charge < -0.3 is 14.4 Å². The summed E-state index contributed by atoms with van der Waals surface area (Å²) in [7, 11) is 1.24. The lowest BCUT2D eigenvalue weighted by Gasteiger charge is -2.23. The Morgan fingerprint density at radius 3 is 2.65 bits per heavy atom. The lowest BCUT2D eigenvalue weighted by Crippen LogP contribution is -2.33. The number of aryl methyl sites for hydroxylation is 1. The summed E-state index contributed by atoms with van der Waals surface area (Å²) in [6.07, 6.45) is -3.38. The van der Waals surface area contributed by atoms with Crippen LogP contribution in [0.3, 0.4) is 0 Å². The first-order valence-electron chi connectivity index (χ1n) is 10.3. The third kappa shape index (κ3) is 4.26. The van der Waals surface area contributed by atoms with E-state index in [9.17, 15) is 23.2 Å². The van der Waals surface area contributed by atoms with E-state index in [-0.39, 0.29) is 35.7 Å². The van der Waals surface area contributed by atoms with E-state index >= 15 is 0 Å². The van der Waals surface area contributed by atoms with Crippen molar-refractivity contribution in [2.75, 3.05) is 7.11 Å². The number of amides is 1. The summed E-state index contributed by atoms with van der Waals surface area (Å²) in [5, 5.41) is 13.9. The summed E-state index contributed by atoms with van der Waals surface area (Å²) in [5.41, 5.74) is 2.19. The molecular weight excluding hydrogens is 451 g/mol. The summed E-state index contributed by atoms with van der Waals surface area (Å²) in [4.78, 5) is 19.1. The van der Waals surface area contributed by atoms with Crippen molar-refractivity contribution in [3.05, 3.63) is 64.6 Å². The Hall–Kier alpha value is -4.07. The van der Waals surface area contributed by atoms with Crippen LogP contribution in [0.2, 0.25) is 0 Å². The molecule has 1 amide bonds. The number of halogens is 3. The smallest absolute Gasteiger partial charge is 0.425 e. The summed E-state index contributed by atoms with van der Waals surface area (Å²) in [5.74, 6) is -0.453. The fourth-order valence-corrected chi connectivity index (χ4v) is 3.64. The Kier molecular flexibility index (Phi) is 5.91. The Labute approximate surface area is 193 Å². The molecule has 1 aromatic carbocycles. The highest BCUT2D eigenvalue weighted by molar-refractivity contribution is 6.00. The molecule has 3 aromatic rings. The number of pyridine rings is 1. The highest BCUT2D eigenvalue weighted by Crippen LogP contribution is 2.37. The van der Waals surface area contributed by atoms with Crippen molar-refractivity contribution in [3.63, 3.8) is 0 Å². The monoisotopic (exact) mass is 471 g/mol. The standard InChI is InChI=1S/C23H20F3N5O3/c1-13-6-7-28-19(8-13)31-11-16-10-30(12-17(16)29-31)22(32)20-18(34-14(2)23(24,25)26)5-4-15(9-27)21(20)33-3/h4-8,11,14H,10,12H2,1-3H3/t14-/m0/s1. The van der Waals surface area contributed by atoms with E-state index in [0.717, 1.165) is 18.1 Å². The Bertz CT molecular complexity index is 1270. The molecule has 0 fully saturated rings. The molecule has 0 N–H and O–H groups in total. The second-order valence-electron chi connectivity index (χ2n) is 7.83. The molecular formula is C23H20F3N5O3. The highest BCUT2D eigenvalue weighted by atomic mass is 19.4. The predicted molar refractivity (Wildman–Crippen MR) is 114 cm³/mol. The average molecular weight is 471 g/mol. The Balaban J connectivity index is 1.65. The first kappa shape index (κ1) is 23.1. The molecule has 0 aliphatic carbocycles. The fraction of sp³-hybridized carbons (Fsp3) is 0.304. The minimum absolute atomic E-state index is 0.00510. The van der Waals surface area contributed by atoms with Crippen LogP contribution in [0.15, 0.2) is 36.7 Å². The molecule has 0 radical (unpaired) electrons. The number of carbonyl (C=O) groups is 1. The molecule has 4 rings (SSSR count). The van der Waals surface area contributed by atoms with E-state index in [1.807, 2.05) is 25.1 Å². The van der Waals surface area contributed by atoms with Crippen LogP contribution in [-0.4, -0.2) is 45.0 Å². The number of ether oxygens (including phenoxy) is 2. The van der Waals surface area contributed by atoms with Crippen molar-refractivity contribution >= 4 is 5.91 Å². The number of benzene rings is 1. The van der Waals surface area contributed by atoms with Crippen molar-refractivity contribution in [2.45, 2.75) is 39.2 Å². The normalized spacial score (nSPS) is 13.9. The van der Waals surface area contributed by atoms with Crippen LogP contribution in [0.25, 0.3) is 5.82 Å². The first-order chi connectivity index (χ1) is 16.1. The molecule has 0 unspecified atom stereocenters. The zero-order valence-corrected chi connectivity index (χ0v) is 18.6. The average Bonchev–Trinajstić information content (AvgIpc) is 3.37. The Morgan fingerprint density at radius 1 is 1.26 bits per heavy atom. The number of methoxy groups -OCH3 is 1. The molecule has 11 heteroatoms. The van der Waals surface area contributed by atoms with Gasteiger partial charge in [0.25, 0.3) is 5.91 Å². The number of fused-ring (bicyclic) bond motifs is 1. The van der Waals surface area contributed by atoms with Gasteiger partial charge >= 0.3 is 6.18 Å². The van der Waals surface area contributed by atoms with Gasteiger partial charge in [-0.05, 0) is 43.7 Å². The van der Waals surface area contributed by atoms with E-state index in [4.69, 9.17) is 9.47 Å². The summed E-state index contributed by atoms with van der Waals surface area (Å²) in [6.45, 7) is 3.08. The van der Waals surface area contributed by atoms with Crippen LogP contribution in [0.4, 0.5) is 13.2 Å². The van der Waals surface area contributed by atoms with Gasteiger partial charge in [-0.2, -0.15) is 23.5 Å². The largest absolute Gasteiger partial charge is 0.494 e. The van der Waals surface area contributed by atoms with Crippen LogP contribution in [-0.2, 0) is 13.1 Å². The number of nitrogens with zero attached hydrogens (tertiary/aromatic N) is 5. The highest BCUT2D eigenvalue weighted by Gasteiger charge is 2.40. The zero-order valence-electron chi connectivity index (χ0n) is 18.6. The lowest BCUT2D eigenvalue weighted by molar-refractivity contribution is -0.189. The molecule has 2 aromatic heterocycles. The minimum atomic E-state index is -4.64. The lowest BCUT2D eigenvalue weighted by atomic mass is 10.1. The number of hydrogen-bond donors (Lipinski definition) is 0. The summed E-state index contributed by atoms with van der Waals surface area (Å²) >= 11 is 0. The van der Waals surface area contributed by atoms with Gasteiger partial charge in [0.15, 0.2) is 17.7 Å². The molecule has 1 atom stereocenters. The number of alkyl halides is 3. The van der Waals surface area contributed by atoms with E-state index in [2.05, 4.69) is 10.1 Å². The number of hydrogen-bond acceptors (Lipinski definition) is 6. The van der Waals surface area contributed by atoms with Gasteiger partial charge in [0, 0.05) is 24.5 Å². The molecule has 8 nitrogen and oxygen atoms in total. The van der Waals surface area contributed by atoms with Crippen molar-refractivity contribution in [3.8, 4) is 23.4 Å². The van der Waals surface area contributed by atoms with E-state index in [1.165, 1.54) is 24.1 Å². The third-order valence-corrected chi connectivity index (χ3v) is 5.42. The summed E-state index contributed by atoms with van der Waals surface area (Å²) in [6, 6.07) is 8.06. The SMILES string of the molecule is COc1c(C#N)ccc(O[C@@H](C)C(F)(F)F)c1C(=O)N1Cc2cn(-c3cc(C)ccn3)nc2C1. The molecule has 1 aliphatic heterocycles. The van der Waals surface area contributed by atoms with Crippen molar-refractivity contribution in [2.24, 2.45) is 0 Å². The van der Waals surface area contributed by atoms with Crippen LogP contribution >= 0.6 is 0 Å². The van der Waals surface area contributed by atoms with Crippen molar-refractivity contribution in [1.29, 1.82) is 5.26 Å². The number of aromatic nitrogens is 3. The molecule has 0 saturated carbocycles. The zero-order chi connectivity index (χ0) is 24.6. The number of carbonyl (C=O) groups excluding carboxylic acids is 1. The molecule has 176 valence electrons. The second kappa shape index (κ2) is 8.70. The molecule has 34 heavy (non-hydrogen) atoms. The summed E-state index contributed by atoms with van der Waals surface area (Å²) < 4.78 is 51.3. The molecule has 3 heterocycles. The van der Waals surface area contributed by atoms with Gasteiger partial charge in [-0.15, -0.1) is 0 Å². The van der Waals surface area contributed by atoms with Crippen LogP contribution in [0.5, 0.6) is 11.5 Å². The van der Waals surface area contributed by atoms with Crippen molar-refractivity contribution in [1.82, 2.24) is 19.7 Å². The predicted octanol–water partition coefficient (Wildman–Crippen LogP) is 3.94. The van der Waals surface area contributed by atoms with Gasteiger partial charge in [-0.3, -0.25) is 4.79 Å². The molecule has 0 bridgehead atoms. The quantitative estimate of drug-likeness (QED) is 0.560. The number of nitriles is 1. The van der Waals surface area contributed by atoms with Crippen LogP contribution in [0, 0.1) is 18.3 Å². The van der Waals surface area contributed by atoms with Crippen LogP contribution in [0.1, 0.15) is 39.7 Å². The fourth-order valence-electron chi connectivity index (χ4n) is 3.64. The number of rotatable bonds is 5. The maximum absolute atomic E-state index is 13.4. The topological polar surface area (TPSA) is 93.3 Å². The van der Waals surface area contributed by atoms with Gasteiger partial charge in [0.05, 0.1) is 24.9 Å². The van der Waals surface area contributed by atoms with Gasteiger partial charge in [-0.1, -0.05) is 0 Å². The van der Waals surface area contributed by atoms with E-state index in [0.29, 0.717) is 11.5 Å². The molecule has 0 spiro atoms. The second-order valence-corrected chi connectivity index (χ2v) is 7.83. The minimum Gasteiger partial charge on any atom is -0.494 e. The van der Waals surface area contributed by atoms with E-state index < -0.39 is 18.2 Å². The van der Waals surface area contributed by atoms with Crippen molar-refractivity contribution < 1.29 is 27.4 Å². The van der Waals surface area contributed by atoms with Gasteiger partial charge in [0.1, 0.15) is 17.4 Å². The maximum atomic E-state index is 13.4. The molecule has 0 saturated heterocycles. The third-order valence-electron chi connectivity index (χ3n) is 5.42. The van der Waals surface area contributed by atoms with Crippen LogP contribution < -0.4 is 9.47 Å². The van der Waals surface area contributed by atoms with E-state index in [1.54, 1.807) is 17.1 Å². The van der Waals surface area contributed by atoms with Gasteiger partial charge in [0.2, 0.25) is 0 Å². The van der Waals surface area contributed by atoms with Gasteiger partial charge in [-0.25, -0.2) is 9.67 Å². The first-order valence-corrected chi connectivity index (χ1v) is 10.3. The molecule has 1 aliphatic rings.